The van der Waals surface area contributed by atoms with Gasteiger partial charge in [-0.2, -0.15) is 0 Å². The lowest BCUT2D eigenvalue weighted by atomic mass is 10.2. The van der Waals surface area contributed by atoms with Gasteiger partial charge in [-0.15, -0.1) is 11.6 Å². The van der Waals surface area contributed by atoms with E-state index in [-0.39, 0.29) is 17.4 Å². The Bertz CT molecular complexity index is 398. The summed E-state index contributed by atoms with van der Waals surface area (Å²) in [6, 6.07) is 4.64. The molecule has 1 aromatic rings. The van der Waals surface area contributed by atoms with Crippen molar-refractivity contribution < 1.29 is 9.13 Å². The molecule has 0 unspecified atom stereocenters. The molecule has 0 heterocycles. The highest BCUT2D eigenvalue weighted by molar-refractivity contribution is 6.28. The Kier molecular flexibility index (Phi) is 5.72. The smallest absolute Gasteiger partial charge is 0.151 e. The lowest BCUT2D eigenvalue weighted by Gasteiger charge is -2.09. The molecule has 0 aliphatic rings. The van der Waals surface area contributed by atoms with Crippen molar-refractivity contribution in [2.75, 3.05) is 31.5 Å². The van der Waals surface area contributed by atoms with E-state index in [4.69, 9.17) is 22.1 Å². The van der Waals surface area contributed by atoms with Crippen LogP contribution in [0.3, 0.4) is 0 Å². The first-order chi connectivity index (χ1) is 8.19. The Morgan fingerprint density at radius 2 is 2.35 bits per heavy atom. The molecule has 0 aliphatic carbocycles. The van der Waals surface area contributed by atoms with Gasteiger partial charge in [-0.1, -0.05) is 6.07 Å². The molecular weight excluding hydrogens is 245 g/mol. The van der Waals surface area contributed by atoms with Gasteiger partial charge in [0.1, 0.15) is 11.5 Å². The second kappa shape index (κ2) is 7.09. The largest absolute Gasteiger partial charge is 0.386 e. The lowest BCUT2D eigenvalue weighted by Crippen LogP contribution is -2.13. The number of methoxy groups -OCH3 is 1. The number of rotatable bonds is 6. The first-order valence-corrected chi connectivity index (χ1v) is 5.62. The predicted molar refractivity (Wildman–Crippen MR) is 68.8 cm³/mol. The monoisotopic (exact) mass is 259 g/mol. The number of ether oxygens (including phenoxy) is 1. The minimum absolute atomic E-state index is 0.0614. The van der Waals surface area contributed by atoms with Crippen LogP contribution in [-0.4, -0.2) is 32.0 Å². The molecule has 6 heteroatoms. The van der Waals surface area contributed by atoms with Gasteiger partial charge in [-0.25, -0.2) is 9.38 Å². The number of alkyl halides is 1. The first kappa shape index (κ1) is 13.7. The lowest BCUT2D eigenvalue weighted by molar-refractivity contribution is 0.211. The fraction of sp³-hybridized carbons (Fsp3) is 0.364. The van der Waals surface area contributed by atoms with Crippen LogP contribution in [0.2, 0.25) is 0 Å². The summed E-state index contributed by atoms with van der Waals surface area (Å²) in [4.78, 5) is 3.94. The van der Waals surface area contributed by atoms with E-state index >= 15 is 0 Å². The van der Waals surface area contributed by atoms with Crippen molar-refractivity contribution in [3.63, 3.8) is 0 Å². The highest BCUT2D eigenvalue weighted by Crippen LogP contribution is 2.27. The summed E-state index contributed by atoms with van der Waals surface area (Å²) in [5.74, 6) is -0.210. The van der Waals surface area contributed by atoms with Gasteiger partial charge in [0.2, 0.25) is 0 Å². The Morgan fingerprint density at radius 1 is 1.59 bits per heavy atom. The van der Waals surface area contributed by atoms with Gasteiger partial charge in [0.15, 0.2) is 5.82 Å². The number of amidine groups is 1. The molecule has 4 nitrogen and oxygen atoms in total. The van der Waals surface area contributed by atoms with Crippen LogP contribution in [0.5, 0.6) is 0 Å². The molecule has 0 atom stereocenters. The number of anilines is 1. The van der Waals surface area contributed by atoms with Gasteiger partial charge in [0, 0.05) is 13.7 Å². The van der Waals surface area contributed by atoms with Gasteiger partial charge in [0.05, 0.1) is 18.2 Å². The van der Waals surface area contributed by atoms with Crippen molar-refractivity contribution in [2.24, 2.45) is 10.7 Å². The number of nitrogens with one attached hydrogen (secondary N) is 1. The van der Waals surface area contributed by atoms with Crippen molar-refractivity contribution in [1.29, 1.82) is 0 Å². The number of nitrogens with zero attached hydrogens (tertiary/aromatic N) is 1. The second-order valence-corrected chi connectivity index (χ2v) is 3.56. The Labute approximate surface area is 105 Å². The quantitative estimate of drug-likeness (QED) is 0.356. The molecule has 0 aliphatic heterocycles. The standard InChI is InChI=1S/C11H15ClFN3O/c1-17-6-5-15-9-4-2-3-8(13)11(9)16-10(14)7-12/h2-4,15H,5-7H2,1H3,(H2,14,16). The van der Waals surface area contributed by atoms with Crippen molar-refractivity contribution in [3.05, 3.63) is 24.0 Å². The Balaban J connectivity index is 2.92. The molecule has 0 saturated carbocycles. The number of hydrogen-bond acceptors (Lipinski definition) is 3. The number of halogens is 2. The van der Waals surface area contributed by atoms with Crippen LogP contribution in [0.15, 0.2) is 23.2 Å². The van der Waals surface area contributed by atoms with Gasteiger partial charge in [0.25, 0.3) is 0 Å². The van der Waals surface area contributed by atoms with Gasteiger partial charge in [-0.05, 0) is 12.1 Å². The molecule has 0 saturated heterocycles. The maximum atomic E-state index is 13.6. The fourth-order valence-corrected chi connectivity index (χ4v) is 1.29. The average Bonchev–Trinajstić information content (AvgIpc) is 2.33. The molecule has 1 rings (SSSR count). The summed E-state index contributed by atoms with van der Waals surface area (Å²) < 4.78 is 18.5. The molecule has 0 amide bonds. The van der Waals surface area contributed by atoms with E-state index < -0.39 is 5.82 Å². The minimum Gasteiger partial charge on any atom is -0.386 e. The molecule has 0 bridgehead atoms. The Morgan fingerprint density at radius 3 is 3.00 bits per heavy atom. The number of para-hydroxylation sites is 1. The molecule has 17 heavy (non-hydrogen) atoms. The predicted octanol–water partition coefficient (Wildman–Crippen LogP) is 2.11. The van der Waals surface area contributed by atoms with E-state index in [1.165, 1.54) is 6.07 Å². The first-order valence-electron chi connectivity index (χ1n) is 5.09. The van der Waals surface area contributed by atoms with Crippen LogP contribution < -0.4 is 11.1 Å². The van der Waals surface area contributed by atoms with Crippen molar-refractivity contribution in [2.45, 2.75) is 0 Å². The summed E-state index contributed by atoms with van der Waals surface area (Å²) in [6.07, 6.45) is 0. The average molecular weight is 260 g/mol. The molecule has 3 N–H and O–H groups in total. The Hall–Kier alpha value is -1.33. The third-order valence-corrected chi connectivity index (χ3v) is 2.27. The van der Waals surface area contributed by atoms with Crippen molar-refractivity contribution in [1.82, 2.24) is 0 Å². The summed E-state index contributed by atoms with van der Waals surface area (Å²) >= 11 is 5.51. The second-order valence-electron chi connectivity index (χ2n) is 3.29. The van der Waals surface area contributed by atoms with E-state index in [1.54, 1.807) is 19.2 Å². The third-order valence-electron chi connectivity index (χ3n) is 2.00. The van der Waals surface area contributed by atoms with Gasteiger partial charge >= 0.3 is 0 Å². The van der Waals surface area contributed by atoms with E-state index in [1.807, 2.05) is 0 Å². The highest BCUT2D eigenvalue weighted by Gasteiger charge is 2.07. The zero-order valence-electron chi connectivity index (χ0n) is 9.54. The zero-order valence-corrected chi connectivity index (χ0v) is 10.3. The molecular formula is C11H15ClFN3O. The maximum Gasteiger partial charge on any atom is 0.151 e. The molecule has 0 aromatic heterocycles. The number of hydrogen-bond donors (Lipinski definition) is 2. The molecule has 94 valence electrons. The van der Waals surface area contributed by atoms with E-state index in [0.717, 1.165) is 0 Å². The molecule has 1 aromatic carbocycles. The van der Waals surface area contributed by atoms with Crippen LogP contribution in [0.4, 0.5) is 15.8 Å². The van der Waals surface area contributed by atoms with Crippen molar-refractivity contribution in [3.8, 4) is 0 Å². The minimum atomic E-state index is -0.444. The number of benzene rings is 1. The molecule has 0 radical (unpaired) electrons. The van der Waals surface area contributed by atoms with Gasteiger partial charge in [-0.3, -0.25) is 0 Å². The number of aliphatic imine (C=N–C) groups is 1. The normalized spacial score (nSPS) is 11.6. The van der Waals surface area contributed by atoms with Crippen molar-refractivity contribution >= 4 is 28.8 Å². The van der Waals surface area contributed by atoms with E-state index in [9.17, 15) is 4.39 Å². The van der Waals surface area contributed by atoms with E-state index in [2.05, 4.69) is 10.3 Å². The summed E-state index contributed by atoms with van der Waals surface area (Å²) in [5.41, 5.74) is 6.23. The third kappa shape index (κ3) is 4.20. The molecule has 0 spiro atoms. The summed E-state index contributed by atoms with van der Waals surface area (Å²) in [7, 11) is 1.60. The van der Waals surface area contributed by atoms with E-state index in [0.29, 0.717) is 18.8 Å². The van der Waals surface area contributed by atoms with Crippen LogP contribution in [-0.2, 0) is 4.74 Å². The highest BCUT2D eigenvalue weighted by atomic mass is 35.5. The fourth-order valence-electron chi connectivity index (χ4n) is 1.23. The summed E-state index contributed by atoms with van der Waals surface area (Å²) in [5, 5.41) is 3.01. The van der Waals surface area contributed by atoms with Gasteiger partial charge < -0.3 is 15.8 Å². The molecule has 0 fully saturated rings. The van der Waals surface area contributed by atoms with Crippen LogP contribution in [0, 0.1) is 5.82 Å². The number of nitrogens with two attached hydrogens (primary N) is 1. The van der Waals surface area contributed by atoms with Crippen LogP contribution in [0.1, 0.15) is 0 Å². The topological polar surface area (TPSA) is 59.6 Å². The zero-order chi connectivity index (χ0) is 12.7. The van der Waals surface area contributed by atoms with Crippen LogP contribution in [0.25, 0.3) is 0 Å². The van der Waals surface area contributed by atoms with Crippen LogP contribution >= 0.6 is 11.6 Å². The SMILES string of the molecule is COCCNc1cccc(F)c1N=C(N)CCl. The summed E-state index contributed by atoms with van der Waals surface area (Å²) in [6.45, 7) is 1.08. The maximum absolute atomic E-state index is 13.6.